The molecule has 2 heterocycles. The Morgan fingerprint density at radius 2 is 1.67 bits per heavy atom. The van der Waals surface area contributed by atoms with Crippen LogP contribution >= 0.6 is 0 Å². The molecule has 43 heavy (non-hydrogen) atoms. The molecule has 0 saturated carbocycles. The van der Waals surface area contributed by atoms with Gasteiger partial charge in [0, 0.05) is 57.1 Å². The van der Waals surface area contributed by atoms with E-state index < -0.39 is 10.8 Å². The molecule has 9 N–H and O–H groups in total. The van der Waals surface area contributed by atoms with Crippen LogP contribution < -0.4 is 27.4 Å². The van der Waals surface area contributed by atoms with Gasteiger partial charge >= 0.3 is 0 Å². The van der Waals surface area contributed by atoms with Crippen LogP contribution in [0.15, 0.2) is 48.8 Å². The second-order valence-corrected chi connectivity index (χ2v) is 8.74. The highest BCUT2D eigenvalue weighted by molar-refractivity contribution is 5.99. The van der Waals surface area contributed by atoms with Crippen molar-refractivity contribution < 1.29 is 19.9 Å². The minimum atomic E-state index is -0.519. The number of carbonyl (C=O) groups is 1. The molecule has 0 radical (unpaired) electrons. The quantitative estimate of drug-likeness (QED) is 0.0778. The number of hydrogen-bond acceptors (Lipinski definition) is 14. The molecule has 0 aliphatic rings. The Kier molecular flexibility index (Phi) is 17.7. The largest absolute Gasteiger partial charge is 0.395 e. The number of hydrogen-bond donors (Lipinski definition) is 7. The number of rotatable bonds is 13. The van der Waals surface area contributed by atoms with Crippen LogP contribution in [0, 0.1) is 21.4 Å². The highest BCUT2D eigenvalue weighted by atomic mass is 16.6. The SMILES string of the molecule is CN(C)CCN.N#Cc1ccc(-c2nc(NCCNc3ccc([N+](=O)[O-])cn3)ncc2C(=O)NCCO)cc1.NCCO. The van der Waals surface area contributed by atoms with E-state index in [0.717, 1.165) is 13.1 Å². The zero-order chi connectivity index (χ0) is 32.0. The summed E-state index contributed by atoms with van der Waals surface area (Å²) in [5.41, 5.74) is 11.6. The maximum atomic E-state index is 12.5. The number of pyridine rings is 1. The first-order chi connectivity index (χ1) is 20.7. The maximum Gasteiger partial charge on any atom is 0.287 e. The second kappa shape index (κ2) is 21.0. The van der Waals surface area contributed by atoms with Crippen LogP contribution in [0.2, 0.25) is 0 Å². The monoisotopic (exact) mass is 597 g/mol. The molecule has 0 fully saturated rings. The Bertz CT molecular complexity index is 1280. The number of aliphatic hydroxyl groups excluding tert-OH is 2. The van der Waals surface area contributed by atoms with E-state index >= 15 is 0 Å². The molecule has 232 valence electrons. The predicted molar refractivity (Wildman–Crippen MR) is 163 cm³/mol. The third-order valence-corrected chi connectivity index (χ3v) is 5.10. The molecule has 0 saturated heterocycles. The molecule has 0 bridgehead atoms. The summed E-state index contributed by atoms with van der Waals surface area (Å²) in [6, 6.07) is 11.5. The number of carbonyl (C=O) groups excluding carboxylic acids is 1. The van der Waals surface area contributed by atoms with Gasteiger partial charge in [-0.15, -0.1) is 0 Å². The van der Waals surface area contributed by atoms with Crippen molar-refractivity contribution in [1.29, 1.82) is 5.26 Å². The second-order valence-electron chi connectivity index (χ2n) is 8.74. The van der Waals surface area contributed by atoms with Gasteiger partial charge in [-0.2, -0.15) is 5.26 Å². The van der Waals surface area contributed by atoms with Crippen LogP contribution in [-0.2, 0) is 0 Å². The number of nitro groups is 1. The van der Waals surface area contributed by atoms with Gasteiger partial charge in [0.2, 0.25) is 5.95 Å². The summed E-state index contributed by atoms with van der Waals surface area (Å²) in [6.45, 7) is 2.94. The number of likely N-dealkylation sites (N-methyl/N-ethyl adjacent to an activating group) is 1. The molecule has 3 rings (SSSR count). The van der Waals surface area contributed by atoms with Crippen molar-refractivity contribution in [2.75, 3.05) is 77.2 Å². The molecular weight excluding hydrogens is 558 g/mol. The average Bonchev–Trinajstić information content (AvgIpc) is 3.02. The van der Waals surface area contributed by atoms with Crippen molar-refractivity contribution in [3.05, 3.63) is 70.0 Å². The number of nitriles is 1. The molecule has 0 aliphatic heterocycles. The fraction of sp³-hybridized carbons (Fsp3) is 0.370. The lowest BCUT2D eigenvalue weighted by Gasteiger charge is -2.12. The first-order valence-electron chi connectivity index (χ1n) is 13.2. The van der Waals surface area contributed by atoms with Crippen LogP contribution in [-0.4, -0.2) is 107 Å². The zero-order valence-corrected chi connectivity index (χ0v) is 24.2. The number of benzene rings is 1. The number of nitrogens with one attached hydrogen (secondary N) is 3. The summed E-state index contributed by atoms with van der Waals surface area (Å²) in [5, 5.41) is 45.1. The van der Waals surface area contributed by atoms with Gasteiger partial charge in [0.05, 0.1) is 41.0 Å². The molecule has 0 spiro atoms. The summed E-state index contributed by atoms with van der Waals surface area (Å²) in [6.07, 6.45) is 2.56. The Morgan fingerprint density at radius 3 is 2.16 bits per heavy atom. The third kappa shape index (κ3) is 14.1. The van der Waals surface area contributed by atoms with E-state index in [2.05, 4.69) is 35.8 Å². The van der Waals surface area contributed by atoms with Crippen molar-refractivity contribution in [1.82, 2.24) is 25.2 Å². The Morgan fingerprint density at radius 1 is 1.00 bits per heavy atom. The van der Waals surface area contributed by atoms with E-state index in [9.17, 15) is 14.9 Å². The number of amides is 1. The summed E-state index contributed by atoms with van der Waals surface area (Å²) in [4.78, 5) is 37.3. The Hall–Kier alpha value is -4.79. The van der Waals surface area contributed by atoms with Crippen molar-refractivity contribution in [3.63, 3.8) is 0 Å². The molecule has 16 heteroatoms. The normalized spacial score (nSPS) is 9.91. The van der Waals surface area contributed by atoms with Crippen LogP contribution in [0.1, 0.15) is 15.9 Å². The smallest absolute Gasteiger partial charge is 0.287 e. The summed E-state index contributed by atoms with van der Waals surface area (Å²) in [7, 11) is 4.01. The van der Waals surface area contributed by atoms with Crippen LogP contribution in [0.4, 0.5) is 17.5 Å². The van der Waals surface area contributed by atoms with Crippen LogP contribution in [0.25, 0.3) is 11.3 Å². The number of aliphatic hydroxyl groups is 2. The van der Waals surface area contributed by atoms with Crippen LogP contribution in [0.3, 0.4) is 0 Å². The van der Waals surface area contributed by atoms with Gasteiger partial charge < -0.3 is 42.5 Å². The molecule has 0 aliphatic carbocycles. The number of anilines is 2. The first-order valence-corrected chi connectivity index (χ1v) is 13.2. The maximum absolute atomic E-state index is 12.5. The van der Waals surface area contributed by atoms with E-state index in [1.165, 1.54) is 24.5 Å². The third-order valence-electron chi connectivity index (χ3n) is 5.10. The molecule has 16 nitrogen and oxygen atoms in total. The molecule has 2 aromatic heterocycles. The molecule has 0 unspecified atom stereocenters. The van der Waals surface area contributed by atoms with Crippen molar-refractivity contribution in [3.8, 4) is 17.3 Å². The van der Waals surface area contributed by atoms with E-state index in [1.54, 1.807) is 24.3 Å². The number of nitrogens with zero attached hydrogens (tertiary/aromatic N) is 6. The molecule has 3 aromatic rings. The number of aromatic nitrogens is 3. The van der Waals surface area contributed by atoms with E-state index in [4.69, 9.17) is 26.9 Å². The molecule has 1 aromatic carbocycles. The van der Waals surface area contributed by atoms with Gasteiger partial charge in [-0.05, 0) is 32.3 Å². The highest BCUT2D eigenvalue weighted by Crippen LogP contribution is 2.23. The van der Waals surface area contributed by atoms with E-state index in [0.29, 0.717) is 42.3 Å². The van der Waals surface area contributed by atoms with Crippen molar-refractivity contribution in [2.24, 2.45) is 11.5 Å². The molecule has 1 amide bonds. The molecule has 0 atom stereocenters. The van der Waals surface area contributed by atoms with Crippen LogP contribution in [0.5, 0.6) is 0 Å². The van der Waals surface area contributed by atoms with Crippen molar-refractivity contribution in [2.45, 2.75) is 0 Å². The van der Waals surface area contributed by atoms with E-state index in [-0.39, 0.29) is 37.0 Å². The van der Waals surface area contributed by atoms with Crippen molar-refractivity contribution >= 4 is 23.4 Å². The lowest BCUT2D eigenvalue weighted by Crippen LogP contribution is -2.27. The fourth-order valence-electron chi connectivity index (χ4n) is 3.04. The van der Waals surface area contributed by atoms with Gasteiger partial charge in [0.25, 0.3) is 11.6 Å². The zero-order valence-electron chi connectivity index (χ0n) is 24.2. The summed E-state index contributed by atoms with van der Waals surface area (Å²) in [5.74, 6) is 0.338. The minimum absolute atomic E-state index is 0.0913. The Labute approximate surface area is 249 Å². The lowest BCUT2D eigenvalue weighted by molar-refractivity contribution is -0.385. The Balaban J connectivity index is 0.000000798. The summed E-state index contributed by atoms with van der Waals surface area (Å²) >= 11 is 0. The van der Waals surface area contributed by atoms with Gasteiger partial charge in [-0.3, -0.25) is 14.9 Å². The lowest BCUT2D eigenvalue weighted by atomic mass is 10.0. The fourth-order valence-corrected chi connectivity index (χ4v) is 3.04. The van der Waals surface area contributed by atoms with Gasteiger partial charge in [0.1, 0.15) is 12.0 Å². The standard InChI is InChI=1S/C21H20N8O4.C4H12N2.C2H7NO/c22-11-14-1-3-15(4-2-14)19-17(20(31)24-9-10-30)13-27-21(28-19)25-8-7-23-18-6-5-16(12-26-18)29(32)33;1-6(2)4-3-5;3-1-2-4/h1-6,12-13,30H,7-10H2,(H,23,26)(H,24,31)(H,25,27,28);3-5H2,1-2H3;4H,1-3H2. The minimum Gasteiger partial charge on any atom is -0.395 e. The topological polar surface area (TPSA) is 254 Å². The van der Waals surface area contributed by atoms with Gasteiger partial charge in [-0.1, -0.05) is 12.1 Å². The highest BCUT2D eigenvalue weighted by Gasteiger charge is 2.16. The van der Waals surface area contributed by atoms with Gasteiger partial charge in [0.15, 0.2) is 0 Å². The predicted octanol–water partition coefficient (Wildman–Crippen LogP) is 0.00868. The van der Waals surface area contributed by atoms with E-state index in [1.807, 2.05) is 20.2 Å². The first kappa shape index (κ1) is 36.2. The van der Waals surface area contributed by atoms with Gasteiger partial charge in [-0.25, -0.2) is 15.0 Å². The number of nitrogens with two attached hydrogens (primary N) is 2. The molecular formula is C27H39N11O5. The summed E-state index contributed by atoms with van der Waals surface area (Å²) < 4.78 is 0. The average molecular weight is 598 g/mol.